The van der Waals surface area contributed by atoms with Gasteiger partial charge in [-0.15, -0.1) is 0 Å². The van der Waals surface area contributed by atoms with E-state index in [1.165, 1.54) is 12.1 Å². The molecule has 1 fully saturated rings. The summed E-state index contributed by atoms with van der Waals surface area (Å²) in [6, 6.07) is 12.3. The van der Waals surface area contributed by atoms with Crippen molar-refractivity contribution in [1.29, 1.82) is 0 Å². The Balaban J connectivity index is 1.67. The number of nitrogens with zero attached hydrogens (tertiary/aromatic N) is 1. The lowest BCUT2D eigenvalue weighted by Crippen LogP contribution is -2.32. The van der Waals surface area contributed by atoms with Gasteiger partial charge in [0.15, 0.2) is 0 Å². The van der Waals surface area contributed by atoms with Crippen molar-refractivity contribution in [2.24, 2.45) is 0 Å². The fraction of sp³-hybridized carbons (Fsp3) is 0.350. The Morgan fingerprint density at radius 3 is 2.77 bits per heavy atom. The highest BCUT2D eigenvalue weighted by atomic mass is 79.9. The van der Waals surface area contributed by atoms with E-state index in [9.17, 15) is 14.3 Å². The number of halogens is 2. The summed E-state index contributed by atoms with van der Waals surface area (Å²) in [7, 11) is 0. The zero-order valence-electron chi connectivity index (χ0n) is 14.4. The van der Waals surface area contributed by atoms with Gasteiger partial charge < -0.3 is 10.4 Å². The molecular formula is C20H22BrFN2O2. The quantitative estimate of drug-likeness (QED) is 0.751. The van der Waals surface area contributed by atoms with Crippen molar-refractivity contribution in [3.8, 4) is 0 Å². The standard InChI is InChI=1S/C20H22BrFN2O2/c21-17-8-16(9-18(22)10-17)20(26)23-11-14-4-1-2-5-15(14)12-24-7-3-6-19(24)13-25/h1-2,4-5,8-10,19,25H,3,6-7,11-13H2,(H,23,26)/t19-/m0/s1. The fourth-order valence-electron chi connectivity index (χ4n) is 3.38. The molecule has 0 spiro atoms. The number of hydrogen-bond donors (Lipinski definition) is 2. The van der Waals surface area contributed by atoms with Gasteiger partial charge in [0.2, 0.25) is 0 Å². The third-order valence-corrected chi connectivity index (χ3v) is 5.22. The Bertz CT molecular complexity index is 764. The number of benzene rings is 2. The smallest absolute Gasteiger partial charge is 0.251 e. The predicted molar refractivity (Wildman–Crippen MR) is 102 cm³/mol. The Morgan fingerprint density at radius 1 is 1.27 bits per heavy atom. The first kappa shape index (κ1) is 19.0. The van der Waals surface area contributed by atoms with Gasteiger partial charge in [-0.05, 0) is 48.7 Å². The molecule has 0 aromatic heterocycles. The number of rotatable bonds is 6. The fourth-order valence-corrected chi connectivity index (χ4v) is 3.84. The van der Waals surface area contributed by atoms with Crippen LogP contribution >= 0.6 is 15.9 Å². The van der Waals surface area contributed by atoms with Crippen LogP contribution in [0.5, 0.6) is 0 Å². The molecule has 26 heavy (non-hydrogen) atoms. The first-order valence-corrected chi connectivity index (χ1v) is 9.52. The lowest BCUT2D eigenvalue weighted by Gasteiger charge is -2.24. The number of hydrogen-bond acceptors (Lipinski definition) is 3. The van der Waals surface area contributed by atoms with Gasteiger partial charge >= 0.3 is 0 Å². The molecule has 1 aliphatic rings. The number of likely N-dealkylation sites (tertiary alicyclic amines) is 1. The zero-order valence-corrected chi connectivity index (χ0v) is 16.0. The summed E-state index contributed by atoms with van der Waals surface area (Å²) in [4.78, 5) is 14.6. The molecule has 0 unspecified atom stereocenters. The Kier molecular flexibility index (Phi) is 6.40. The molecular weight excluding hydrogens is 399 g/mol. The first-order chi connectivity index (χ1) is 12.6. The van der Waals surface area contributed by atoms with Crippen LogP contribution in [0.25, 0.3) is 0 Å². The minimum atomic E-state index is -0.450. The maximum atomic E-state index is 13.5. The van der Waals surface area contributed by atoms with Crippen LogP contribution in [0.15, 0.2) is 46.9 Å². The van der Waals surface area contributed by atoms with Crippen molar-refractivity contribution in [1.82, 2.24) is 10.2 Å². The average Bonchev–Trinajstić information content (AvgIpc) is 3.07. The van der Waals surface area contributed by atoms with Crippen molar-refractivity contribution < 1.29 is 14.3 Å². The Hall–Kier alpha value is -1.76. The van der Waals surface area contributed by atoms with Crippen molar-refractivity contribution in [3.63, 3.8) is 0 Å². The van der Waals surface area contributed by atoms with Crippen LogP contribution in [0.4, 0.5) is 4.39 Å². The third-order valence-electron chi connectivity index (χ3n) is 4.77. The van der Waals surface area contributed by atoms with Crippen LogP contribution in [-0.2, 0) is 13.1 Å². The average molecular weight is 421 g/mol. The third kappa shape index (κ3) is 4.69. The zero-order chi connectivity index (χ0) is 18.5. The number of nitrogens with one attached hydrogen (secondary N) is 1. The van der Waals surface area contributed by atoms with E-state index in [0.29, 0.717) is 11.0 Å². The molecule has 1 atom stereocenters. The van der Waals surface area contributed by atoms with Gasteiger partial charge in [-0.2, -0.15) is 0 Å². The molecule has 2 aromatic rings. The number of carbonyl (C=O) groups is 1. The normalized spacial score (nSPS) is 17.4. The molecule has 0 aliphatic carbocycles. The first-order valence-electron chi connectivity index (χ1n) is 8.73. The molecule has 0 saturated carbocycles. The molecule has 6 heteroatoms. The minimum absolute atomic E-state index is 0.174. The molecule has 3 rings (SSSR count). The van der Waals surface area contributed by atoms with Gasteiger partial charge in [0.1, 0.15) is 5.82 Å². The van der Waals surface area contributed by atoms with Crippen LogP contribution in [0.3, 0.4) is 0 Å². The summed E-state index contributed by atoms with van der Waals surface area (Å²) >= 11 is 3.20. The second-order valence-corrected chi connectivity index (χ2v) is 7.47. The topological polar surface area (TPSA) is 52.6 Å². The second kappa shape index (κ2) is 8.75. The molecule has 0 radical (unpaired) electrons. The monoisotopic (exact) mass is 420 g/mol. The highest BCUT2D eigenvalue weighted by molar-refractivity contribution is 9.10. The SMILES string of the molecule is O=C(NCc1ccccc1CN1CCC[C@H]1CO)c1cc(F)cc(Br)c1. The maximum absolute atomic E-state index is 13.5. The summed E-state index contributed by atoms with van der Waals surface area (Å²) in [5.41, 5.74) is 2.45. The van der Waals surface area contributed by atoms with Crippen LogP contribution in [0.2, 0.25) is 0 Å². The lowest BCUT2D eigenvalue weighted by molar-refractivity contribution is 0.0950. The van der Waals surface area contributed by atoms with E-state index in [1.54, 1.807) is 6.07 Å². The van der Waals surface area contributed by atoms with Crippen LogP contribution < -0.4 is 5.32 Å². The van der Waals surface area contributed by atoms with Gasteiger partial charge in [-0.3, -0.25) is 9.69 Å². The predicted octanol–water partition coefficient (Wildman–Crippen LogP) is 3.47. The van der Waals surface area contributed by atoms with Crippen molar-refractivity contribution in [2.75, 3.05) is 13.2 Å². The van der Waals surface area contributed by atoms with E-state index in [4.69, 9.17) is 0 Å². The van der Waals surface area contributed by atoms with Crippen molar-refractivity contribution in [2.45, 2.75) is 32.0 Å². The summed E-state index contributed by atoms with van der Waals surface area (Å²) in [6.45, 7) is 2.28. The number of amides is 1. The number of aliphatic hydroxyl groups excluding tert-OH is 1. The molecule has 1 saturated heterocycles. The summed E-state index contributed by atoms with van der Waals surface area (Å²) in [6.07, 6.45) is 2.11. The lowest BCUT2D eigenvalue weighted by atomic mass is 10.1. The van der Waals surface area contributed by atoms with E-state index in [1.807, 2.05) is 24.3 Å². The van der Waals surface area contributed by atoms with Crippen LogP contribution in [0.1, 0.15) is 34.3 Å². The molecule has 1 aliphatic heterocycles. The van der Waals surface area contributed by atoms with Gasteiger partial charge in [0, 0.05) is 29.2 Å². The van der Waals surface area contributed by atoms with E-state index in [0.717, 1.165) is 37.1 Å². The van der Waals surface area contributed by atoms with Gasteiger partial charge in [-0.25, -0.2) is 4.39 Å². The van der Waals surface area contributed by atoms with Crippen molar-refractivity contribution >= 4 is 21.8 Å². The molecule has 2 aromatic carbocycles. The van der Waals surface area contributed by atoms with E-state index < -0.39 is 5.82 Å². The van der Waals surface area contributed by atoms with Crippen LogP contribution in [-0.4, -0.2) is 35.1 Å². The molecule has 0 bridgehead atoms. The molecule has 4 nitrogen and oxygen atoms in total. The van der Waals surface area contributed by atoms with Gasteiger partial charge in [0.05, 0.1) is 6.61 Å². The highest BCUT2D eigenvalue weighted by Crippen LogP contribution is 2.21. The Morgan fingerprint density at radius 2 is 2.04 bits per heavy atom. The highest BCUT2D eigenvalue weighted by Gasteiger charge is 2.24. The van der Waals surface area contributed by atoms with E-state index >= 15 is 0 Å². The minimum Gasteiger partial charge on any atom is -0.395 e. The summed E-state index contributed by atoms with van der Waals surface area (Å²) in [5, 5.41) is 12.4. The Labute approximate surface area is 161 Å². The molecule has 2 N–H and O–H groups in total. The second-order valence-electron chi connectivity index (χ2n) is 6.56. The summed E-state index contributed by atoms with van der Waals surface area (Å²) < 4.78 is 14.0. The van der Waals surface area contributed by atoms with Gasteiger partial charge in [-0.1, -0.05) is 40.2 Å². The summed E-state index contributed by atoms with van der Waals surface area (Å²) in [5.74, 6) is -0.761. The number of aliphatic hydroxyl groups is 1. The largest absolute Gasteiger partial charge is 0.395 e. The van der Waals surface area contributed by atoms with E-state index in [-0.39, 0.29) is 24.1 Å². The molecule has 1 amide bonds. The van der Waals surface area contributed by atoms with Gasteiger partial charge in [0.25, 0.3) is 5.91 Å². The molecule has 138 valence electrons. The van der Waals surface area contributed by atoms with Crippen LogP contribution in [0, 0.1) is 5.82 Å². The maximum Gasteiger partial charge on any atom is 0.251 e. The van der Waals surface area contributed by atoms with E-state index in [2.05, 4.69) is 26.1 Å². The molecule has 1 heterocycles. The number of carbonyl (C=O) groups excluding carboxylic acids is 1. The van der Waals surface area contributed by atoms with Crippen molar-refractivity contribution in [3.05, 3.63) is 69.4 Å².